The number of allylic oxidation sites excluding steroid dienone is 22. The maximum Gasteiger partial charge on any atom is 0.472 e. The number of carbonyl (C=O) groups is 3. The molecular weight excluding hydrogens is 1430 g/mol. The highest BCUT2D eigenvalue weighted by molar-refractivity contribution is 7.47. The first-order chi connectivity index (χ1) is 54.2. The topological polar surface area (TPSA) is 231 Å². The van der Waals surface area contributed by atoms with E-state index < -0.39 is 91.5 Å². The van der Waals surface area contributed by atoms with Gasteiger partial charge in [0.2, 0.25) is 0 Å². The van der Waals surface area contributed by atoms with Gasteiger partial charge < -0.3 is 34.2 Å². The summed E-state index contributed by atoms with van der Waals surface area (Å²) in [6, 6.07) is 0. The van der Waals surface area contributed by atoms with E-state index in [1.165, 1.54) is 180 Å². The van der Waals surface area contributed by atoms with Crippen LogP contribution in [0.15, 0.2) is 134 Å². The number of carbonyl (C=O) groups excluding carboxylic acids is 3. The monoisotopic (exact) mass is 1600 g/mol. The van der Waals surface area contributed by atoms with E-state index in [9.17, 15) is 43.5 Å². The van der Waals surface area contributed by atoms with Gasteiger partial charge in [-0.1, -0.05) is 353 Å². The molecule has 640 valence electrons. The number of aliphatic hydroxyl groups is 2. The molecular formula is C93H162O16P2. The second kappa shape index (κ2) is 85.1. The molecule has 0 aliphatic carbocycles. The van der Waals surface area contributed by atoms with Crippen molar-refractivity contribution in [3.63, 3.8) is 0 Å². The molecule has 16 nitrogen and oxygen atoms in total. The van der Waals surface area contributed by atoms with Crippen LogP contribution in [0.4, 0.5) is 0 Å². The summed E-state index contributed by atoms with van der Waals surface area (Å²) in [4.78, 5) is 58.8. The number of ether oxygens (including phenoxy) is 3. The number of rotatable bonds is 84. The van der Waals surface area contributed by atoms with E-state index in [4.69, 9.17) is 32.3 Å². The summed E-state index contributed by atoms with van der Waals surface area (Å²) in [6.45, 7) is 2.53. The fraction of sp³-hybridized carbons (Fsp3) is 0.731. The Morgan fingerprint density at radius 2 is 0.477 bits per heavy atom. The molecule has 0 rings (SSSR count). The minimum atomic E-state index is -4.94. The van der Waals surface area contributed by atoms with Gasteiger partial charge in [0.15, 0.2) is 6.10 Å². The minimum Gasteiger partial charge on any atom is -0.463 e. The number of aliphatic hydroxyl groups excluding tert-OH is 2. The fourth-order valence-electron chi connectivity index (χ4n) is 12.1. The number of hydrogen-bond acceptors (Lipinski definition) is 14. The normalized spacial score (nSPS) is 14.5. The smallest absolute Gasteiger partial charge is 0.463 e. The number of unbranched alkanes of at least 4 members (excludes halogenated alkanes) is 39. The van der Waals surface area contributed by atoms with Crippen LogP contribution in [-0.4, -0.2) is 95.9 Å². The van der Waals surface area contributed by atoms with Gasteiger partial charge in [-0.15, -0.1) is 0 Å². The highest BCUT2D eigenvalue weighted by atomic mass is 31.2. The Morgan fingerprint density at radius 3 is 0.757 bits per heavy atom. The predicted octanol–water partition coefficient (Wildman–Crippen LogP) is 27.0. The molecule has 5 unspecified atom stereocenters. The average molecular weight is 1600 g/mol. The molecule has 0 fully saturated rings. The zero-order valence-corrected chi connectivity index (χ0v) is 72.1. The molecule has 0 aliphatic heterocycles. The third kappa shape index (κ3) is 86.4. The van der Waals surface area contributed by atoms with Gasteiger partial charge in [-0.3, -0.25) is 32.5 Å². The predicted molar refractivity (Wildman–Crippen MR) is 463 cm³/mol. The first-order valence-corrected chi connectivity index (χ1v) is 47.5. The van der Waals surface area contributed by atoms with Crippen molar-refractivity contribution in [3.8, 4) is 0 Å². The van der Waals surface area contributed by atoms with Gasteiger partial charge >= 0.3 is 33.6 Å². The maximum absolute atomic E-state index is 13.0. The zero-order valence-electron chi connectivity index (χ0n) is 70.4. The van der Waals surface area contributed by atoms with E-state index in [1.54, 1.807) is 0 Å². The van der Waals surface area contributed by atoms with Crippen molar-refractivity contribution >= 4 is 33.6 Å². The Bertz CT molecular complexity index is 2550. The van der Waals surface area contributed by atoms with Crippen LogP contribution in [0.25, 0.3) is 0 Å². The second-order valence-corrected chi connectivity index (χ2v) is 32.6. The van der Waals surface area contributed by atoms with Crippen molar-refractivity contribution in [1.82, 2.24) is 0 Å². The molecule has 0 spiro atoms. The highest BCUT2D eigenvalue weighted by Crippen LogP contribution is 2.45. The van der Waals surface area contributed by atoms with Gasteiger partial charge in [-0.25, -0.2) is 9.13 Å². The van der Waals surface area contributed by atoms with E-state index in [-0.39, 0.29) is 19.3 Å². The lowest BCUT2D eigenvalue weighted by atomic mass is 10.0. The number of phosphoric acid groups is 2. The van der Waals surface area contributed by atoms with Crippen molar-refractivity contribution in [1.29, 1.82) is 0 Å². The molecule has 0 aromatic rings. The maximum atomic E-state index is 13.0. The molecule has 0 heterocycles. The molecule has 0 aliphatic rings. The quantitative estimate of drug-likeness (QED) is 0.0146. The van der Waals surface area contributed by atoms with Crippen molar-refractivity contribution in [2.45, 2.75) is 399 Å². The summed E-state index contributed by atoms with van der Waals surface area (Å²) in [6.07, 6.45) is 105. The van der Waals surface area contributed by atoms with Gasteiger partial charge in [0, 0.05) is 19.3 Å². The van der Waals surface area contributed by atoms with Gasteiger partial charge in [-0.05, 0) is 141 Å². The van der Waals surface area contributed by atoms with Crippen LogP contribution in [-0.2, 0) is 55.8 Å². The third-order valence-electron chi connectivity index (χ3n) is 18.8. The Labute approximate surface area is 677 Å². The van der Waals surface area contributed by atoms with Crippen molar-refractivity contribution in [3.05, 3.63) is 134 Å². The molecule has 0 saturated carbocycles. The lowest BCUT2D eigenvalue weighted by Gasteiger charge is -2.21. The van der Waals surface area contributed by atoms with Crippen LogP contribution in [0.1, 0.15) is 380 Å². The third-order valence-corrected chi connectivity index (χ3v) is 20.7. The highest BCUT2D eigenvalue weighted by Gasteiger charge is 2.29. The number of esters is 3. The Kier molecular flexibility index (Phi) is 81.8. The van der Waals surface area contributed by atoms with E-state index in [0.29, 0.717) is 19.3 Å². The standard InChI is InChI=1S/C93H162O16P2/c1-4-7-10-13-16-19-22-25-28-30-32-34-36-38-39-40-41-42-43-44-45-46-47-49-51-52-54-56-59-61-64-67-70-73-76-79-91(96)103-82-88(94)83-105-110(99,100)106-84-89(95)85-107-111(101,102)108-87-90(109-93(98)81-78-75-72-69-66-63-58-27-24-21-18-15-12-9-6-3)86-104-92(97)80-77-74-71-68-65-62-60-57-55-53-50-48-37-35-33-31-29-26-23-20-17-14-11-8-5-2/h9,12,16-21,25-29,32-35,38-39,48,50,58,88-90,94-95H,4-8,10-11,13-15,22-24,30-31,36-37,40-47,49,51-57,59-87H2,1-3H3,(H,99,100)(H,101,102)/b12-9-,19-16-,20-17-,21-18-,28-25-,29-26-,34-32-,35-33-,39-38-,50-48-,58-27-. The molecule has 111 heavy (non-hydrogen) atoms. The summed E-state index contributed by atoms with van der Waals surface area (Å²) < 4.78 is 61.3. The summed E-state index contributed by atoms with van der Waals surface area (Å²) in [5, 5.41) is 20.7. The van der Waals surface area contributed by atoms with Gasteiger partial charge in [0.1, 0.15) is 25.4 Å². The van der Waals surface area contributed by atoms with Gasteiger partial charge in [-0.2, -0.15) is 0 Å². The Balaban J connectivity index is 4.43. The number of phosphoric ester groups is 2. The first-order valence-electron chi connectivity index (χ1n) is 44.5. The van der Waals surface area contributed by atoms with Gasteiger partial charge in [0.05, 0.1) is 26.4 Å². The van der Waals surface area contributed by atoms with Crippen LogP contribution in [0.2, 0.25) is 0 Å². The fourth-order valence-corrected chi connectivity index (χ4v) is 13.7. The summed E-state index contributed by atoms with van der Waals surface area (Å²) in [5.74, 6) is -1.59. The molecule has 0 aromatic heterocycles. The van der Waals surface area contributed by atoms with Gasteiger partial charge in [0.25, 0.3) is 0 Å². The largest absolute Gasteiger partial charge is 0.472 e. The van der Waals surface area contributed by atoms with Crippen LogP contribution >= 0.6 is 15.6 Å². The van der Waals surface area contributed by atoms with Crippen LogP contribution in [0.3, 0.4) is 0 Å². The first kappa shape index (κ1) is 107. The lowest BCUT2D eigenvalue weighted by molar-refractivity contribution is -0.161. The second-order valence-electron chi connectivity index (χ2n) is 29.7. The molecule has 0 aromatic carbocycles. The van der Waals surface area contributed by atoms with E-state index in [0.717, 1.165) is 141 Å². The SMILES string of the molecule is CC/C=C\C/C=C\C/C=C\CCCCCCCC(=O)OC(COC(=O)CCCCCCCCCCC/C=C\C/C=C\C/C=C\C/C=C\CCCCC)COP(=O)(O)OCC(O)COP(=O)(O)OCC(O)COC(=O)CCCCCCCCCCCCCCCCCCCCC/C=C\C/C=C\C/C=C\C/C=C\CCCCC. The molecule has 18 heteroatoms. The van der Waals surface area contributed by atoms with Crippen molar-refractivity contribution < 1.29 is 75.8 Å². The molecule has 0 amide bonds. The Hall–Kier alpha value is -4.31. The number of hydrogen-bond donors (Lipinski definition) is 4. The summed E-state index contributed by atoms with van der Waals surface area (Å²) >= 11 is 0. The van der Waals surface area contributed by atoms with Crippen molar-refractivity contribution in [2.75, 3.05) is 39.6 Å². The van der Waals surface area contributed by atoms with Crippen LogP contribution in [0.5, 0.6) is 0 Å². The summed E-state index contributed by atoms with van der Waals surface area (Å²) in [7, 11) is -9.80. The molecule has 0 saturated heterocycles. The van der Waals surface area contributed by atoms with E-state index in [1.807, 2.05) is 0 Å². The average Bonchev–Trinajstić information content (AvgIpc) is 0.904. The lowest BCUT2D eigenvalue weighted by Crippen LogP contribution is -2.30. The van der Waals surface area contributed by atoms with Crippen molar-refractivity contribution in [2.24, 2.45) is 0 Å². The Morgan fingerprint density at radius 1 is 0.261 bits per heavy atom. The van der Waals surface area contributed by atoms with E-state index in [2.05, 4.69) is 154 Å². The minimum absolute atomic E-state index is 0.0818. The van der Waals surface area contributed by atoms with Crippen LogP contribution < -0.4 is 0 Å². The molecule has 5 atom stereocenters. The van der Waals surface area contributed by atoms with E-state index >= 15 is 0 Å². The molecule has 0 bridgehead atoms. The molecule has 4 N–H and O–H groups in total. The summed E-state index contributed by atoms with van der Waals surface area (Å²) in [5.41, 5.74) is 0. The molecule has 0 radical (unpaired) electrons. The van der Waals surface area contributed by atoms with Crippen LogP contribution in [0, 0.1) is 0 Å². The zero-order chi connectivity index (χ0) is 80.8.